The number of allylic oxidation sites excluding steroid dienone is 8. The minimum atomic E-state index is -0.656. The summed E-state index contributed by atoms with van der Waals surface area (Å²) in [7, 11) is 0. The van der Waals surface area contributed by atoms with Crippen molar-refractivity contribution in [1.29, 1.82) is 0 Å². The van der Waals surface area contributed by atoms with Crippen LogP contribution in [0.5, 0.6) is 0 Å². The van der Waals surface area contributed by atoms with Crippen molar-refractivity contribution in [2.24, 2.45) is 0 Å². The number of hydrogen-bond donors (Lipinski definition) is 4. The first-order chi connectivity index (χ1) is 18.7. The first-order valence-electron chi connectivity index (χ1n) is 13.5. The van der Waals surface area contributed by atoms with Crippen molar-refractivity contribution in [2.45, 2.75) is 60.3 Å². The average Bonchev–Trinajstić information content (AvgIpc) is 3.13. The van der Waals surface area contributed by atoms with Crippen LogP contribution in [0.3, 0.4) is 0 Å². The molecular weight excluding hydrogens is 488 g/mol. The van der Waals surface area contributed by atoms with Crippen molar-refractivity contribution in [3.8, 4) is 0 Å². The molecule has 0 heterocycles. The molecule has 0 fully saturated rings. The number of nitrogens with one attached hydrogen (secondary N) is 2. The Morgan fingerprint density at radius 3 is 2.38 bits per heavy atom. The zero-order valence-corrected chi connectivity index (χ0v) is 23.9. The van der Waals surface area contributed by atoms with E-state index < -0.39 is 18.2 Å². The molecule has 0 bridgehead atoms. The maximum Gasteiger partial charge on any atom is 0.194 e. The van der Waals surface area contributed by atoms with Gasteiger partial charge < -0.3 is 20.8 Å². The number of aryl methyl sites for hydroxylation is 2. The van der Waals surface area contributed by atoms with Crippen LogP contribution in [-0.2, 0) is 9.59 Å². The van der Waals surface area contributed by atoms with Gasteiger partial charge in [0.05, 0.1) is 17.8 Å². The monoisotopic (exact) mass is 530 g/mol. The largest absolute Gasteiger partial charge is 0.508 e. The SMILES string of the molecule is C/C=C/CC.C=CCNC1=CCC=C(Nc2ccc(C)cc2C)C2=C1C(=O)C(CO)=C(/C(O)=C\CC)C(=O)C2. The molecule has 0 spiro atoms. The molecule has 4 N–H and O–H groups in total. The minimum absolute atomic E-state index is 0.0988. The number of rotatable bonds is 9. The molecule has 1 aromatic carbocycles. The fraction of sp³-hybridized carbons (Fsp3) is 0.333. The summed E-state index contributed by atoms with van der Waals surface area (Å²) in [6.07, 6.45) is 13.3. The molecule has 0 unspecified atom stereocenters. The van der Waals surface area contributed by atoms with Gasteiger partial charge in [-0.3, -0.25) is 9.59 Å². The first-order valence-corrected chi connectivity index (χ1v) is 13.5. The molecule has 0 amide bonds. The fourth-order valence-corrected chi connectivity index (χ4v) is 4.49. The van der Waals surface area contributed by atoms with E-state index in [0.29, 0.717) is 41.9 Å². The molecule has 2 aliphatic carbocycles. The summed E-state index contributed by atoms with van der Waals surface area (Å²) in [5, 5.41) is 27.3. The molecule has 2 aliphatic rings. The summed E-state index contributed by atoms with van der Waals surface area (Å²) in [5.41, 5.74) is 4.91. The Hall–Kier alpha value is -3.90. The molecule has 3 rings (SSSR count). The highest BCUT2D eigenvalue weighted by atomic mass is 16.3. The molecule has 0 saturated heterocycles. The van der Waals surface area contributed by atoms with Crippen LogP contribution in [0.25, 0.3) is 0 Å². The summed E-state index contributed by atoms with van der Waals surface area (Å²) < 4.78 is 0. The highest BCUT2D eigenvalue weighted by Crippen LogP contribution is 2.36. The number of benzene rings is 1. The van der Waals surface area contributed by atoms with Crippen molar-refractivity contribution in [3.05, 3.63) is 112 Å². The predicted octanol–water partition coefficient (Wildman–Crippen LogP) is 6.61. The second kappa shape index (κ2) is 15.5. The molecular formula is C33H42N2O4. The van der Waals surface area contributed by atoms with E-state index in [-0.39, 0.29) is 23.3 Å². The molecule has 0 saturated carbocycles. The van der Waals surface area contributed by atoms with E-state index in [9.17, 15) is 19.8 Å². The zero-order valence-electron chi connectivity index (χ0n) is 23.9. The molecule has 39 heavy (non-hydrogen) atoms. The maximum absolute atomic E-state index is 13.8. The lowest BCUT2D eigenvalue weighted by Crippen LogP contribution is -2.23. The molecule has 208 valence electrons. The number of anilines is 1. The third kappa shape index (κ3) is 8.04. The van der Waals surface area contributed by atoms with Crippen LogP contribution in [0.1, 0.15) is 57.6 Å². The summed E-state index contributed by atoms with van der Waals surface area (Å²) in [6, 6.07) is 6.03. The van der Waals surface area contributed by atoms with E-state index in [1.54, 1.807) is 6.08 Å². The van der Waals surface area contributed by atoms with Crippen molar-refractivity contribution < 1.29 is 19.8 Å². The number of aliphatic hydroxyl groups excluding tert-OH is 2. The maximum atomic E-state index is 13.8. The smallest absolute Gasteiger partial charge is 0.194 e. The van der Waals surface area contributed by atoms with Crippen molar-refractivity contribution in [1.82, 2.24) is 5.32 Å². The quantitative estimate of drug-likeness (QED) is 0.212. The normalized spacial score (nSPS) is 16.1. The first kappa shape index (κ1) is 31.3. The van der Waals surface area contributed by atoms with E-state index in [2.05, 4.69) is 42.4 Å². The summed E-state index contributed by atoms with van der Waals surface area (Å²) in [6.45, 7) is 13.5. The van der Waals surface area contributed by atoms with E-state index in [0.717, 1.165) is 23.2 Å². The lowest BCUT2D eigenvalue weighted by atomic mass is 9.94. The van der Waals surface area contributed by atoms with Crippen LogP contribution in [0.15, 0.2) is 101 Å². The summed E-state index contributed by atoms with van der Waals surface area (Å²) >= 11 is 0. The Morgan fingerprint density at radius 2 is 1.82 bits per heavy atom. The molecule has 6 heteroatoms. The van der Waals surface area contributed by atoms with Crippen molar-refractivity contribution in [2.75, 3.05) is 18.5 Å². The van der Waals surface area contributed by atoms with Gasteiger partial charge >= 0.3 is 0 Å². The van der Waals surface area contributed by atoms with Gasteiger partial charge in [0.1, 0.15) is 5.76 Å². The average molecular weight is 531 g/mol. The van der Waals surface area contributed by atoms with Crippen LogP contribution in [-0.4, -0.2) is 34.9 Å². The van der Waals surface area contributed by atoms with Gasteiger partial charge in [-0.1, -0.05) is 61.9 Å². The van der Waals surface area contributed by atoms with Crippen LogP contribution in [0, 0.1) is 13.8 Å². The van der Waals surface area contributed by atoms with Gasteiger partial charge in [0.25, 0.3) is 0 Å². The number of hydrogen-bond acceptors (Lipinski definition) is 6. The minimum Gasteiger partial charge on any atom is -0.508 e. The Kier molecular flexibility index (Phi) is 12.4. The number of carbonyl (C=O) groups excluding carboxylic acids is 2. The van der Waals surface area contributed by atoms with Gasteiger partial charge in [0.15, 0.2) is 11.6 Å². The molecule has 0 atom stereocenters. The van der Waals surface area contributed by atoms with E-state index in [1.165, 1.54) is 6.08 Å². The lowest BCUT2D eigenvalue weighted by molar-refractivity contribution is -0.116. The summed E-state index contributed by atoms with van der Waals surface area (Å²) in [5.74, 6) is -1.17. The standard InChI is InChI=1S/C28H32N2O4.C5H10/c1-5-8-24(32)27-20(16-31)28(34)26-19(15-25(27)33)22(9-7-10-23(26)29-13-6-2)30-21-12-11-17(3)14-18(21)4;1-3-5-4-2/h6,8-12,14,29-32H,2,5,7,13,15-16H2,1,3-4H3;3,5H,4H2,1-2H3/b24-8+;5-3+. The molecule has 0 aromatic heterocycles. The predicted molar refractivity (Wildman–Crippen MR) is 160 cm³/mol. The fourth-order valence-electron chi connectivity index (χ4n) is 4.49. The van der Waals surface area contributed by atoms with Gasteiger partial charge in [-0.15, -0.1) is 6.58 Å². The number of carbonyl (C=O) groups is 2. The highest BCUT2D eigenvalue weighted by molar-refractivity contribution is 6.20. The van der Waals surface area contributed by atoms with E-state index in [4.69, 9.17) is 0 Å². The van der Waals surface area contributed by atoms with Crippen LogP contribution >= 0.6 is 0 Å². The van der Waals surface area contributed by atoms with Crippen LogP contribution < -0.4 is 10.6 Å². The van der Waals surface area contributed by atoms with Gasteiger partial charge in [-0.2, -0.15) is 0 Å². The van der Waals surface area contributed by atoms with Gasteiger partial charge in [0, 0.05) is 35.6 Å². The van der Waals surface area contributed by atoms with Gasteiger partial charge in [-0.25, -0.2) is 0 Å². The Morgan fingerprint density at radius 1 is 1.10 bits per heavy atom. The third-order valence-electron chi connectivity index (χ3n) is 6.33. The van der Waals surface area contributed by atoms with E-state index in [1.807, 2.05) is 52.0 Å². The van der Waals surface area contributed by atoms with Crippen molar-refractivity contribution in [3.63, 3.8) is 0 Å². The van der Waals surface area contributed by atoms with Crippen molar-refractivity contribution >= 4 is 17.3 Å². The van der Waals surface area contributed by atoms with Crippen LogP contribution in [0.2, 0.25) is 0 Å². The van der Waals surface area contributed by atoms with Gasteiger partial charge in [-0.05, 0) is 63.3 Å². The van der Waals surface area contributed by atoms with E-state index >= 15 is 0 Å². The molecule has 1 aromatic rings. The van der Waals surface area contributed by atoms with Crippen LogP contribution in [0.4, 0.5) is 5.69 Å². The zero-order chi connectivity index (χ0) is 28.9. The Balaban J connectivity index is 0.000000976. The second-order valence-corrected chi connectivity index (χ2v) is 9.35. The molecule has 0 radical (unpaired) electrons. The third-order valence-corrected chi connectivity index (χ3v) is 6.33. The number of aliphatic hydroxyl groups is 2. The lowest BCUT2D eigenvalue weighted by Gasteiger charge is -2.19. The topological polar surface area (TPSA) is 98.7 Å². The molecule has 0 aliphatic heterocycles. The summed E-state index contributed by atoms with van der Waals surface area (Å²) in [4.78, 5) is 27.2. The Bertz CT molecular complexity index is 1270. The number of ketones is 2. The van der Waals surface area contributed by atoms with Gasteiger partial charge in [0.2, 0.25) is 0 Å². The number of Topliss-reactive ketones (excluding diaryl/α,β-unsaturated/α-hetero) is 2. The Labute approximate surface area is 232 Å². The molecule has 6 nitrogen and oxygen atoms in total. The highest BCUT2D eigenvalue weighted by Gasteiger charge is 2.35. The second-order valence-electron chi connectivity index (χ2n) is 9.35.